The van der Waals surface area contributed by atoms with Gasteiger partial charge in [-0.3, -0.25) is 4.68 Å². The lowest BCUT2D eigenvalue weighted by Gasteiger charge is -2.18. The van der Waals surface area contributed by atoms with Gasteiger partial charge in [-0.1, -0.05) is 18.2 Å². The third-order valence-electron chi connectivity index (χ3n) is 3.80. The van der Waals surface area contributed by atoms with Crippen molar-refractivity contribution in [1.82, 2.24) is 15.1 Å². The van der Waals surface area contributed by atoms with Crippen molar-refractivity contribution in [3.8, 4) is 0 Å². The monoisotopic (exact) mass is 273 g/mol. The third-order valence-corrected chi connectivity index (χ3v) is 3.80. The lowest BCUT2D eigenvalue weighted by Crippen LogP contribution is -2.25. The fourth-order valence-corrected chi connectivity index (χ4v) is 2.52. The first-order chi connectivity index (χ1) is 9.72. The van der Waals surface area contributed by atoms with Crippen LogP contribution in [0.25, 0.3) is 0 Å². The average molecular weight is 273 g/mol. The summed E-state index contributed by atoms with van der Waals surface area (Å²) >= 11 is 0. The summed E-state index contributed by atoms with van der Waals surface area (Å²) in [4.78, 5) is 0. The van der Waals surface area contributed by atoms with Crippen LogP contribution >= 0.6 is 0 Å². The van der Waals surface area contributed by atoms with E-state index in [0.717, 1.165) is 24.2 Å². The lowest BCUT2D eigenvalue weighted by atomic mass is 9.93. The standard InChI is InChI=1S/C16H20FN3/c1-20-9-8-14(19-20)10-12(11-18-13-6-7-13)15-4-2-3-5-16(15)17/h2-5,8-9,12-13,18H,6-7,10-11H2,1H3. The first kappa shape index (κ1) is 13.3. The number of rotatable bonds is 6. The number of hydrogen-bond acceptors (Lipinski definition) is 2. The van der Waals surface area contributed by atoms with Crippen molar-refractivity contribution in [1.29, 1.82) is 0 Å². The van der Waals surface area contributed by atoms with E-state index in [2.05, 4.69) is 10.4 Å². The van der Waals surface area contributed by atoms with Crippen LogP contribution in [0, 0.1) is 5.82 Å². The molecule has 20 heavy (non-hydrogen) atoms. The summed E-state index contributed by atoms with van der Waals surface area (Å²) in [5.41, 5.74) is 1.80. The molecule has 1 aliphatic carbocycles. The second-order valence-corrected chi connectivity index (χ2v) is 5.59. The van der Waals surface area contributed by atoms with E-state index in [1.807, 2.05) is 31.4 Å². The Kier molecular flexibility index (Phi) is 3.83. The van der Waals surface area contributed by atoms with Gasteiger partial charge in [-0.05, 0) is 37.0 Å². The molecular formula is C16H20FN3. The Morgan fingerprint density at radius 1 is 1.35 bits per heavy atom. The summed E-state index contributed by atoms with van der Waals surface area (Å²) in [5.74, 6) is 0.0118. The number of aromatic nitrogens is 2. The van der Waals surface area contributed by atoms with Crippen LogP contribution in [-0.4, -0.2) is 22.4 Å². The maximum atomic E-state index is 14.0. The predicted octanol–water partition coefficient (Wildman–Crippen LogP) is 2.64. The minimum Gasteiger partial charge on any atom is -0.313 e. The van der Waals surface area contributed by atoms with E-state index < -0.39 is 0 Å². The molecule has 0 aliphatic heterocycles. The molecule has 0 bridgehead atoms. The van der Waals surface area contributed by atoms with E-state index in [-0.39, 0.29) is 11.7 Å². The summed E-state index contributed by atoms with van der Waals surface area (Å²) < 4.78 is 15.8. The van der Waals surface area contributed by atoms with Crippen molar-refractivity contribution in [2.45, 2.75) is 31.2 Å². The van der Waals surface area contributed by atoms with Gasteiger partial charge in [0.05, 0.1) is 5.69 Å². The second-order valence-electron chi connectivity index (χ2n) is 5.59. The van der Waals surface area contributed by atoms with Crippen molar-refractivity contribution in [2.24, 2.45) is 7.05 Å². The van der Waals surface area contributed by atoms with Gasteiger partial charge in [0, 0.05) is 31.7 Å². The molecule has 1 N–H and O–H groups in total. The van der Waals surface area contributed by atoms with Gasteiger partial charge in [0.15, 0.2) is 0 Å². The van der Waals surface area contributed by atoms with Crippen LogP contribution in [0.5, 0.6) is 0 Å². The van der Waals surface area contributed by atoms with Gasteiger partial charge in [-0.15, -0.1) is 0 Å². The van der Waals surface area contributed by atoms with Crippen molar-refractivity contribution in [3.63, 3.8) is 0 Å². The molecule has 0 radical (unpaired) electrons. The summed E-state index contributed by atoms with van der Waals surface area (Å²) in [5, 5.41) is 7.92. The normalized spacial score (nSPS) is 16.3. The Balaban J connectivity index is 1.77. The van der Waals surface area contributed by atoms with Gasteiger partial charge in [0.1, 0.15) is 5.82 Å². The van der Waals surface area contributed by atoms with Crippen LogP contribution in [-0.2, 0) is 13.5 Å². The molecular weight excluding hydrogens is 253 g/mol. The molecule has 0 amide bonds. The van der Waals surface area contributed by atoms with Crippen LogP contribution in [0.1, 0.15) is 30.0 Å². The first-order valence-corrected chi connectivity index (χ1v) is 7.18. The molecule has 1 unspecified atom stereocenters. The molecule has 0 spiro atoms. The Morgan fingerprint density at radius 2 is 2.15 bits per heavy atom. The third kappa shape index (κ3) is 3.25. The smallest absolute Gasteiger partial charge is 0.126 e. The van der Waals surface area contributed by atoms with E-state index in [4.69, 9.17) is 0 Å². The molecule has 1 aromatic carbocycles. The average Bonchev–Trinajstić information content (AvgIpc) is 3.18. The number of halogens is 1. The molecule has 1 saturated carbocycles. The maximum absolute atomic E-state index is 14.0. The molecule has 106 valence electrons. The van der Waals surface area contributed by atoms with Gasteiger partial charge < -0.3 is 5.32 Å². The Bertz CT molecular complexity index is 575. The van der Waals surface area contributed by atoms with E-state index in [1.54, 1.807) is 10.7 Å². The van der Waals surface area contributed by atoms with Gasteiger partial charge >= 0.3 is 0 Å². The van der Waals surface area contributed by atoms with Gasteiger partial charge in [0.2, 0.25) is 0 Å². The first-order valence-electron chi connectivity index (χ1n) is 7.18. The fourth-order valence-electron chi connectivity index (χ4n) is 2.52. The number of nitrogens with zero attached hydrogens (tertiary/aromatic N) is 2. The second kappa shape index (κ2) is 5.75. The summed E-state index contributed by atoms with van der Waals surface area (Å²) in [6.07, 6.45) is 5.19. The topological polar surface area (TPSA) is 29.9 Å². The van der Waals surface area contributed by atoms with Crippen molar-refractivity contribution in [2.75, 3.05) is 6.54 Å². The SMILES string of the molecule is Cn1ccc(CC(CNC2CC2)c2ccccc2F)n1. The van der Waals surface area contributed by atoms with Gasteiger partial charge in [-0.2, -0.15) is 5.10 Å². The number of hydrogen-bond donors (Lipinski definition) is 1. The quantitative estimate of drug-likeness (QED) is 0.877. The molecule has 1 fully saturated rings. The number of aryl methyl sites for hydroxylation is 1. The summed E-state index contributed by atoms with van der Waals surface area (Å²) in [7, 11) is 1.91. The minimum atomic E-state index is -0.119. The highest BCUT2D eigenvalue weighted by Gasteiger charge is 2.24. The molecule has 4 heteroatoms. The van der Waals surface area contributed by atoms with E-state index in [9.17, 15) is 4.39 Å². The Labute approximate surface area is 118 Å². The lowest BCUT2D eigenvalue weighted by molar-refractivity contribution is 0.530. The van der Waals surface area contributed by atoms with Crippen molar-refractivity contribution in [3.05, 3.63) is 53.6 Å². The van der Waals surface area contributed by atoms with Crippen LogP contribution in [0.3, 0.4) is 0 Å². The molecule has 2 aromatic rings. The van der Waals surface area contributed by atoms with Crippen LogP contribution in [0.15, 0.2) is 36.5 Å². The molecule has 1 heterocycles. The molecule has 1 atom stereocenters. The van der Waals surface area contributed by atoms with Gasteiger partial charge in [0.25, 0.3) is 0 Å². The highest BCUT2D eigenvalue weighted by molar-refractivity contribution is 5.24. The summed E-state index contributed by atoms with van der Waals surface area (Å²) in [6, 6.07) is 9.71. The fraction of sp³-hybridized carbons (Fsp3) is 0.438. The van der Waals surface area contributed by atoms with E-state index >= 15 is 0 Å². The Hall–Kier alpha value is -1.68. The van der Waals surface area contributed by atoms with Gasteiger partial charge in [-0.25, -0.2) is 4.39 Å². The highest BCUT2D eigenvalue weighted by atomic mass is 19.1. The molecule has 1 aliphatic rings. The molecule has 0 saturated heterocycles. The number of nitrogens with one attached hydrogen (secondary N) is 1. The highest BCUT2D eigenvalue weighted by Crippen LogP contribution is 2.25. The van der Waals surface area contributed by atoms with Crippen LogP contribution in [0.2, 0.25) is 0 Å². The van der Waals surface area contributed by atoms with Crippen molar-refractivity contribution >= 4 is 0 Å². The van der Waals surface area contributed by atoms with E-state index in [1.165, 1.54) is 18.9 Å². The zero-order valence-electron chi connectivity index (χ0n) is 11.7. The molecule has 1 aromatic heterocycles. The predicted molar refractivity (Wildman–Crippen MR) is 77.1 cm³/mol. The zero-order valence-corrected chi connectivity index (χ0v) is 11.7. The zero-order chi connectivity index (χ0) is 13.9. The molecule has 3 nitrogen and oxygen atoms in total. The van der Waals surface area contributed by atoms with Crippen LogP contribution in [0.4, 0.5) is 4.39 Å². The maximum Gasteiger partial charge on any atom is 0.126 e. The minimum absolute atomic E-state index is 0.119. The summed E-state index contributed by atoms with van der Waals surface area (Å²) in [6.45, 7) is 0.808. The molecule has 3 rings (SSSR count). The van der Waals surface area contributed by atoms with Crippen LogP contribution < -0.4 is 5.32 Å². The van der Waals surface area contributed by atoms with E-state index in [0.29, 0.717) is 6.04 Å². The number of benzene rings is 1. The Morgan fingerprint density at radius 3 is 2.80 bits per heavy atom. The largest absolute Gasteiger partial charge is 0.313 e. The van der Waals surface area contributed by atoms with Crippen molar-refractivity contribution < 1.29 is 4.39 Å².